The maximum atomic E-state index is 11.5. The number of hydrogen-bond acceptors (Lipinski definition) is 8. The smallest absolute Gasteiger partial charge is 0.227 e. The number of benzene rings is 3. The van der Waals surface area contributed by atoms with Gasteiger partial charge in [-0.1, -0.05) is 42.0 Å². The van der Waals surface area contributed by atoms with E-state index in [1.807, 2.05) is 50.5 Å². The minimum Gasteiger partial charge on any atom is -0.388 e. The second-order valence-electron chi connectivity index (χ2n) is 9.91. The first kappa shape index (κ1) is 29.8. The fourth-order valence-corrected chi connectivity index (χ4v) is 5.12. The predicted octanol–water partition coefficient (Wildman–Crippen LogP) is 5.75. The summed E-state index contributed by atoms with van der Waals surface area (Å²) in [4.78, 5) is 14.2. The largest absolute Gasteiger partial charge is 0.388 e. The molecule has 0 aliphatic rings. The zero-order chi connectivity index (χ0) is 28.3. The lowest BCUT2D eigenvalue weighted by Crippen LogP contribution is -2.05. The summed E-state index contributed by atoms with van der Waals surface area (Å²) in [6, 6.07) is 22.1. The fourth-order valence-electron chi connectivity index (χ4n) is 4.52. The molecular formula is C30H34ClN7O2S. The van der Waals surface area contributed by atoms with E-state index in [0.29, 0.717) is 18.9 Å². The second kappa shape index (κ2) is 12.6. The van der Waals surface area contributed by atoms with Crippen LogP contribution < -0.4 is 16.0 Å². The number of aromatic nitrogens is 4. The van der Waals surface area contributed by atoms with Gasteiger partial charge in [0.25, 0.3) is 0 Å². The molecule has 0 aliphatic heterocycles. The standard InChI is InChI=1S/C30H33N7O2S.ClH/c1-20-5-7-22(8-6-20)19-33-30-36-28-26(37(30)3)14-13-24(31-2)27(28)25-15-17-32-29(35-25)34-23-11-9-21(10-12-23)16-18-40(4,38)39;/h5-15,17,31H,16,18-19H2,1-4H3,(H,33,36)(H,32,34,35);1H. The van der Waals surface area contributed by atoms with Crippen molar-refractivity contribution in [2.45, 2.75) is 19.9 Å². The van der Waals surface area contributed by atoms with E-state index in [0.717, 1.165) is 45.2 Å². The van der Waals surface area contributed by atoms with Crippen molar-refractivity contribution in [3.63, 3.8) is 0 Å². The van der Waals surface area contributed by atoms with Gasteiger partial charge in [0.15, 0.2) is 0 Å². The van der Waals surface area contributed by atoms with E-state index >= 15 is 0 Å². The first-order valence-electron chi connectivity index (χ1n) is 13.0. The number of nitrogens with zero attached hydrogens (tertiary/aromatic N) is 4. The molecule has 0 spiro atoms. The van der Waals surface area contributed by atoms with Crippen molar-refractivity contribution in [2.24, 2.45) is 7.05 Å². The summed E-state index contributed by atoms with van der Waals surface area (Å²) in [5.41, 5.74) is 8.54. The van der Waals surface area contributed by atoms with Crippen molar-refractivity contribution < 1.29 is 8.42 Å². The van der Waals surface area contributed by atoms with Crippen LogP contribution in [-0.2, 0) is 29.9 Å². The third-order valence-electron chi connectivity index (χ3n) is 6.78. The van der Waals surface area contributed by atoms with Gasteiger partial charge in [-0.05, 0) is 54.8 Å². The number of sulfone groups is 1. The molecule has 0 atom stereocenters. The third-order valence-corrected chi connectivity index (χ3v) is 7.72. The van der Waals surface area contributed by atoms with Gasteiger partial charge in [-0.25, -0.2) is 23.4 Å². The summed E-state index contributed by atoms with van der Waals surface area (Å²) in [6.07, 6.45) is 3.46. The van der Waals surface area contributed by atoms with Gasteiger partial charge in [0.05, 0.1) is 22.5 Å². The van der Waals surface area contributed by atoms with E-state index in [1.165, 1.54) is 17.4 Å². The number of halogens is 1. The summed E-state index contributed by atoms with van der Waals surface area (Å²) in [5.74, 6) is 1.35. The number of nitrogens with one attached hydrogen (secondary N) is 3. The van der Waals surface area contributed by atoms with Crippen molar-refractivity contribution in [1.29, 1.82) is 0 Å². The van der Waals surface area contributed by atoms with Crippen LogP contribution in [0.15, 0.2) is 72.9 Å². The van der Waals surface area contributed by atoms with Crippen LogP contribution >= 0.6 is 12.4 Å². The summed E-state index contributed by atoms with van der Waals surface area (Å²) in [7, 11) is 0.883. The van der Waals surface area contributed by atoms with Gasteiger partial charge in [0.2, 0.25) is 11.9 Å². The third kappa shape index (κ3) is 7.14. The number of imidazole rings is 1. The Morgan fingerprint density at radius 3 is 2.29 bits per heavy atom. The fraction of sp³-hybridized carbons (Fsp3) is 0.233. The highest BCUT2D eigenvalue weighted by Gasteiger charge is 2.18. The first-order valence-corrected chi connectivity index (χ1v) is 15.1. The van der Waals surface area contributed by atoms with Gasteiger partial charge >= 0.3 is 0 Å². The second-order valence-corrected chi connectivity index (χ2v) is 12.2. The molecule has 11 heteroatoms. The molecule has 0 amide bonds. The zero-order valence-corrected chi connectivity index (χ0v) is 25.1. The van der Waals surface area contributed by atoms with Gasteiger partial charge in [0, 0.05) is 44.5 Å². The molecule has 0 saturated carbocycles. The first-order chi connectivity index (χ1) is 19.2. The summed E-state index contributed by atoms with van der Waals surface area (Å²) in [5, 5.41) is 10.0. The number of anilines is 4. The van der Waals surface area contributed by atoms with E-state index < -0.39 is 9.84 Å². The van der Waals surface area contributed by atoms with Gasteiger partial charge < -0.3 is 20.5 Å². The molecule has 0 unspecified atom stereocenters. The number of aryl methyl sites for hydroxylation is 3. The van der Waals surface area contributed by atoms with Gasteiger partial charge in [-0.3, -0.25) is 0 Å². The molecule has 5 aromatic rings. The highest BCUT2D eigenvalue weighted by molar-refractivity contribution is 7.90. The molecule has 3 N–H and O–H groups in total. The number of rotatable bonds is 10. The van der Waals surface area contributed by atoms with E-state index in [2.05, 4.69) is 62.8 Å². The van der Waals surface area contributed by atoms with Gasteiger partial charge in [-0.2, -0.15) is 0 Å². The SMILES string of the molecule is CNc1ccc2c(nc(NCc3ccc(C)cc3)n2C)c1-c1ccnc(Nc2ccc(CCS(C)(=O)=O)cc2)n1.Cl. The Hall–Kier alpha value is -4.15. The van der Waals surface area contributed by atoms with Gasteiger partial charge in [-0.15, -0.1) is 12.4 Å². The molecule has 0 saturated heterocycles. The molecular weight excluding hydrogens is 558 g/mol. The summed E-state index contributed by atoms with van der Waals surface area (Å²) >= 11 is 0. The molecule has 2 aromatic heterocycles. The minimum absolute atomic E-state index is 0. The molecule has 0 fully saturated rings. The van der Waals surface area contributed by atoms with E-state index in [9.17, 15) is 8.42 Å². The van der Waals surface area contributed by atoms with Gasteiger partial charge in [0.1, 0.15) is 15.4 Å². The topological polar surface area (TPSA) is 114 Å². The monoisotopic (exact) mass is 591 g/mol. The Kier molecular flexibility index (Phi) is 9.14. The van der Waals surface area contributed by atoms with Crippen LogP contribution in [0.1, 0.15) is 16.7 Å². The molecule has 214 valence electrons. The van der Waals surface area contributed by atoms with Crippen molar-refractivity contribution in [3.8, 4) is 11.3 Å². The normalized spacial score (nSPS) is 11.2. The van der Waals surface area contributed by atoms with Crippen LogP contribution in [0.5, 0.6) is 0 Å². The number of fused-ring (bicyclic) bond motifs is 1. The highest BCUT2D eigenvalue weighted by Crippen LogP contribution is 2.35. The van der Waals surface area contributed by atoms with E-state index in [1.54, 1.807) is 6.20 Å². The van der Waals surface area contributed by atoms with E-state index in [4.69, 9.17) is 9.97 Å². The van der Waals surface area contributed by atoms with Crippen LogP contribution in [0, 0.1) is 6.92 Å². The van der Waals surface area contributed by atoms with Crippen molar-refractivity contribution in [2.75, 3.05) is 35.0 Å². The molecule has 41 heavy (non-hydrogen) atoms. The molecule has 3 aromatic carbocycles. The van der Waals surface area contributed by atoms with Crippen LogP contribution in [0.4, 0.5) is 23.3 Å². The zero-order valence-electron chi connectivity index (χ0n) is 23.5. The molecule has 9 nitrogen and oxygen atoms in total. The molecule has 0 aliphatic carbocycles. The van der Waals surface area contributed by atoms with Crippen LogP contribution in [0.25, 0.3) is 22.3 Å². The lowest BCUT2D eigenvalue weighted by molar-refractivity contribution is 0.601. The Morgan fingerprint density at radius 1 is 0.902 bits per heavy atom. The van der Waals surface area contributed by atoms with Crippen LogP contribution in [0.3, 0.4) is 0 Å². The summed E-state index contributed by atoms with van der Waals surface area (Å²) < 4.78 is 25.0. The average molecular weight is 592 g/mol. The Labute approximate surface area is 246 Å². The molecule has 2 heterocycles. The highest BCUT2D eigenvalue weighted by atomic mass is 35.5. The molecule has 0 bridgehead atoms. The Bertz CT molecular complexity index is 1750. The lowest BCUT2D eigenvalue weighted by atomic mass is 10.1. The summed E-state index contributed by atoms with van der Waals surface area (Å²) in [6.45, 7) is 2.75. The quantitative estimate of drug-likeness (QED) is 0.188. The lowest BCUT2D eigenvalue weighted by Gasteiger charge is -2.12. The van der Waals surface area contributed by atoms with Crippen LogP contribution in [0.2, 0.25) is 0 Å². The maximum Gasteiger partial charge on any atom is 0.227 e. The van der Waals surface area contributed by atoms with Crippen molar-refractivity contribution in [1.82, 2.24) is 19.5 Å². The Morgan fingerprint density at radius 2 is 1.61 bits per heavy atom. The maximum absolute atomic E-state index is 11.5. The number of hydrogen-bond donors (Lipinski definition) is 3. The molecule has 5 rings (SSSR count). The molecule has 0 radical (unpaired) electrons. The predicted molar refractivity (Wildman–Crippen MR) is 170 cm³/mol. The van der Waals surface area contributed by atoms with Crippen LogP contribution in [-0.4, -0.2) is 47.0 Å². The minimum atomic E-state index is -3.00. The average Bonchev–Trinajstić information content (AvgIpc) is 3.26. The van der Waals surface area contributed by atoms with Crippen molar-refractivity contribution in [3.05, 3.63) is 89.6 Å². The van der Waals surface area contributed by atoms with Crippen molar-refractivity contribution >= 4 is 56.5 Å². The van der Waals surface area contributed by atoms with E-state index in [-0.39, 0.29) is 18.2 Å². The Balaban J connectivity index is 0.00000387.